The number of aromatic nitrogens is 3. The lowest BCUT2D eigenvalue weighted by Crippen LogP contribution is -2.26. The summed E-state index contributed by atoms with van der Waals surface area (Å²) in [6.45, 7) is 2.05. The second-order valence-electron chi connectivity index (χ2n) is 6.31. The Balaban J connectivity index is 1.61. The van der Waals surface area contributed by atoms with E-state index < -0.39 is 0 Å². The number of aryl methyl sites for hydroxylation is 1. The van der Waals surface area contributed by atoms with E-state index in [9.17, 15) is 14.4 Å². The van der Waals surface area contributed by atoms with E-state index in [0.717, 1.165) is 6.42 Å². The lowest BCUT2D eigenvalue weighted by Gasteiger charge is -2.09. The Morgan fingerprint density at radius 1 is 0.964 bits per heavy atom. The Labute approximate surface area is 161 Å². The molecule has 0 spiro atoms. The van der Waals surface area contributed by atoms with Crippen molar-refractivity contribution < 1.29 is 9.59 Å². The summed E-state index contributed by atoms with van der Waals surface area (Å²) in [5.41, 5.74) is 1.43. The molecule has 0 fully saturated rings. The molecule has 2 aromatic carbocycles. The number of fused-ring (bicyclic) bond motifs is 1. The predicted octanol–water partition coefficient (Wildman–Crippen LogP) is 2.56. The third-order valence-electron chi connectivity index (χ3n) is 4.09. The number of hydrogen-bond acceptors (Lipinski definition) is 5. The molecule has 8 heteroatoms. The molecular weight excluding hydrogens is 358 g/mol. The molecule has 144 valence electrons. The van der Waals surface area contributed by atoms with Crippen LogP contribution in [0.1, 0.15) is 26.2 Å². The average Bonchev–Trinajstić information content (AvgIpc) is 2.68. The van der Waals surface area contributed by atoms with E-state index in [1.807, 2.05) is 6.92 Å². The van der Waals surface area contributed by atoms with Crippen molar-refractivity contribution in [3.63, 3.8) is 0 Å². The SMILES string of the molecule is CCCC(=O)Nc1cccc(NC(=O)CCn2nnc3ccccc3c2=O)c1. The first-order valence-corrected chi connectivity index (χ1v) is 9.09. The smallest absolute Gasteiger partial charge is 0.277 e. The highest BCUT2D eigenvalue weighted by molar-refractivity contribution is 5.94. The average molecular weight is 379 g/mol. The van der Waals surface area contributed by atoms with Gasteiger partial charge in [0.2, 0.25) is 11.8 Å². The number of benzene rings is 2. The number of amides is 2. The van der Waals surface area contributed by atoms with Gasteiger partial charge in [0.25, 0.3) is 5.56 Å². The van der Waals surface area contributed by atoms with Gasteiger partial charge < -0.3 is 10.6 Å². The summed E-state index contributed by atoms with van der Waals surface area (Å²) in [6, 6.07) is 13.9. The van der Waals surface area contributed by atoms with Crippen molar-refractivity contribution in [3.05, 3.63) is 58.9 Å². The molecule has 1 heterocycles. The summed E-state index contributed by atoms with van der Waals surface area (Å²) in [5.74, 6) is -0.334. The van der Waals surface area contributed by atoms with Gasteiger partial charge in [0.15, 0.2) is 0 Å². The van der Waals surface area contributed by atoms with E-state index in [-0.39, 0.29) is 30.3 Å². The number of carbonyl (C=O) groups is 2. The van der Waals surface area contributed by atoms with E-state index in [1.165, 1.54) is 4.68 Å². The zero-order valence-corrected chi connectivity index (χ0v) is 15.5. The maximum absolute atomic E-state index is 12.4. The molecular formula is C20H21N5O3. The molecule has 0 aliphatic carbocycles. The number of nitrogens with one attached hydrogen (secondary N) is 2. The molecule has 0 atom stereocenters. The standard InChI is InChI=1S/C20H21N5O3/c1-2-6-18(26)21-14-7-5-8-15(13-14)22-19(27)11-12-25-20(28)16-9-3-4-10-17(16)23-24-25/h3-5,7-10,13H,2,6,11-12H2,1H3,(H,21,26)(H,22,27). The van der Waals surface area contributed by atoms with Crippen molar-refractivity contribution >= 4 is 34.1 Å². The first-order chi connectivity index (χ1) is 13.6. The summed E-state index contributed by atoms with van der Waals surface area (Å²) in [7, 11) is 0. The third kappa shape index (κ3) is 4.79. The van der Waals surface area contributed by atoms with Crippen LogP contribution in [0.2, 0.25) is 0 Å². The molecule has 8 nitrogen and oxygen atoms in total. The minimum absolute atomic E-state index is 0.0688. The fourth-order valence-corrected chi connectivity index (χ4v) is 2.73. The lowest BCUT2D eigenvalue weighted by atomic mass is 10.2. The van der Waals surface area contributed by atoms with Gasteiger partial charge in [-0.2, -0.15) is 0 Å². The molecule has 1 aromatic heterocycles. The summed E-state index contributed by atoms with van der Waals surface area (Å²) < 4.78 is 1.18. The molecule has 28 heavy (non-hydrogen) atoms. The summed E-state index contributed by atoms with van der Waals surface area (Å²) >= 11 is 0. The van der Waals surface area contributed by atoms with E-state index in [1.54, 1.807) is 48.5 Å². The number of nitrogens with zero attached hydrogens (tertiary/aromatic N) is 3. The van der Waals surface area contributed by atoms with Crippen LogP contribution in [-0.4, -0.2) is 26.8 Å². The van der Waals surface area contributed by atoms with Crippen LogP contribution in [0.15, 0.2) is 53.3 Å². The van der Waals surface area contributed by atoms with Crippen molar-refractivity contribution in [1.29, 1.82) is 0 Å². The highest BCUT2D eigenvalue weighted by atomic mass is 16.2. The maximum Gasteiger partial charge on any atom is 0.277 e. The number of anilines is 2. The highest BCUT2D eigenvalue weighted by Crippen LogP contribution is 2.16. The van der Waals surface area contributed by atoms with Crippen molar-refractivity contribution in [1.82, 2.24) is 15.0 Å². The molecule has 0 radical (unpaired) electrons. The Hall–Kier alpha value is -3.55. The Kier molecular flexibility index (Phi) is 6.11. The fourth-order valence-electron chi connectivity index (χ4n) is 2.73. The van der Waals surface area contributed by atoms with Gasteiger partial charge in [0.1, 0.15) is 5.52 Å². The monoisotopic (exact) mass is 379 g/mol. The normalized spacial score (nSPS) is 10.6. The molecule has 0 aliphatic rings. The van der Waals surface area contributed by atoms with Crippen molar-refractivity contribution in [2.24, 2.45) is 0 Å². The van der Waals surface area contributed by atoms with Crippen LogP contribution in [0, 0.1) is 0 Å². The van der Waals surface area contributed by atoms with Crippen molar-refractivity contribution in [3.8, 4) is 0 Å². The molecule has 0 bridgehead atoms. The van der Waals surface area contributed by atoms with Crippen LogP contribution < -0.4 is 16.2 Å². The molecule has 3 rings (SSSR count). The zero-order chi connectivity index (χ0) is 19.9. The Bertz CT molecular complexity index is 1060. The number of hydrogen-bond donors (Lipinski definition) is 2. The Morgan fingerprint density at radius 3 is 2.36 bits per heavy atom. The minimum atomic E-state index is -0.279. The van der Waals surface area contributed by atoms with Gasteiger partial charge in [-0.1, -0.05) is 30.3 Å². The highest BCUT2D eigenvalue weighted by Gasteiger charge is 2.09. The van der Waals surface area contributed by atoms with E-state index in [0.29, 0.717) is 28.7 Å². The van der Waals surface area contributed by atoms with Crippen LogP contribution in [0.5, 0.6) is 0 Å². The Morgan fingerprint density at radius 2 is 1.64 bits per heavy atom. The molecule has 0 saturated carbocycles. The maximum atomic E-state index is 12.4. The topological polar surface area (TPSA) is 106 Å². The third-order valence-corrected chi connectivity index (χ3v) is 4.09. The van der Waals surface area contributed by atoms with Gasteiger partial charge >= 0.3 is 0 Å². The predicted molar refractivity (Wildman–Crippen MR) is 107 cm³/mol. The van der Waals surface area contributed by atoms with Crippen molar-refractivity contribution in [2.45, 2.75) is 32.7 Å². The van der Waals surface area contributed by atoms with Gasteiger partial charge in [-0.25, -0.2) is 4.68 Å². The lowest BCUT2D eigenvalue weighted by molar-refractivity contribution is -0.117. The van der Waals surface area contributed by atoms with Gasteiger partial charge in [0.05, 0.1) is 11.9 Å². The first-order valence-electron chi connectivity index (χ1n) is 9.09. The largest absolute Gasteiger partial charge is 0.326 e. The molecule has 0 unspecified atom stereocenters. The second-order valence-corrected chi connectivity index (χ2v) is 6.31. The van der Waals surface area contributed by atoms with Crippen LogP contribution >= 0.6 is 0 Å². The molecule has 0 aliphatic heterocycles. The molecule has 2 N–H and O–H groups in total. The number of rotatable bonds is 7. The molecule has 0 saturated heterocycles. The van der Waals surface area contributed by atoms with E-state index in [4.69, 9.17) is 0 Å². The first kappa shape index (κ1) is 19.2. The minimum Gasteiger partial charge on any atom is -0.326 e. The van der Waals surface area contributed by atoms with Crippen LogP contribution in [0.3, 0.4) is 0 Å². The quantitative estimate of drug-likeness (QED) is 0.656. The van der Waals surface area contributed by atoms with Gasteiger partial charge in [-0.05, 0) is 36.8 Å². The van der Waals surface area contributed by atoms with E-state index in [2.05, 4.69) is 20.9 Å². The summed E-state index contributed by atoms with van der Waals surface area (Å²) in [5, 5.41) is 13.9. The number of carbonyl (C=O) groups excluding carboxylic acids is 2. The van der Waals surface area contributed by atoms with E-state index >= 15 is 0 Å². The van der Waals surface area contributed by atoms with Gasteiger partial charge in [0, 0.05) is 24.2 Å². The summed E-state index contributed by atoms with van der Waals surface area (Å²) in [6.07, 6.45) is 1.27. The fraction of sp³-hybridized carbons (Fsp3) is 0.250. The van der Waals surface area contributed by atoms with Crippen LogP contribution in [0.4, 0.5) is 11.4 Å². The molecule has 3 aromatic rings. The van der Waals surface area contributed by atoms with Gasteiger partial charge in [-0.3, -0.25) is 14.4 Å². The summed E-state index contributed by atoms with van der Waals surface area (Å²) in [4.78, 5) is 36.3. The van der Waals surface area contributed by atoms with Gasteiger partial charge in [-0.15, -0.1) is 5.10 Å². The van der Waals surface area contributed by atoms with Crippen LogP contribution in [0.25, 0.3) is 10.9 Å². The van der Waals surface area contributed by atoms with Crippen molar-refractivity contribution in [2.75, 3.05) is 10.6 Å². The zero-order valence-electron chi connectivity index (χ0n) is 15.5. The molecule has 2 amide bonds. The second kappa shape index (κ2) is 8.90. The van der Waals surface area contributed by atoms with Crippen LogP contribution in [-0.2, 0) is 16.1 Å².